The first-order chi connectivity index (χ1) is 14.4. The monoisotopic (exact) mass is 412 g/mol. The number of pyridine rings is 1. The third-order valence-corrected chi connectivity index (χ3v) is 6.05. The average Bonchev–Trinajstić information content (AvgIpc) is 3.16. The number of aryl methyl sites for hydroxylation is 1. The highest BCUT2D eigenvalue weighted by Crippen LogP contribution is 2.31. The Bertz CT molecular complexity index is 890. The van der Waals surface area contributed by atoms with E-state index in [4.69, 9.17) is 4.42 Å². The number of hydrogen-bond acceptors (Lipinski definition) is 6. The van der Waals surface area contributed by atoms with Gasteiger partial charge in [0.15, 0.2) is 0 Å². The Morgan fingerprint density at radius 1 is 1.27 bits per heavy atom. The van der Waals surface area contributed by atoms with Crippen LogP contribution in [0.25, 0.3) is 0 Å². The van der Waals surface area contributed by atoms with Crippen molar-refractivity contribution in [3.63, 3.8) is 0 Å². The van der Waals surface area contributed by atoms with Crippen LogP contribution in [0.15, 0.2) is 40.9 Å². The molecule has 0 aliphatic carbocycles. The molecule has 8 heteroatoms. The molecule has 4 heterocycles. The van der Waals surface area contributed by atoms with Gasteiger partial charge in [0, 0.05) is 32.4 Å². The van der Waals surface area contributed by atoms with Crippen molar-refractivity contribution in [1.29, 1.82) is 0 Å². The number of nitrogens with one attached hydrogen (secondary N) is 1. The largest absolute Gasteiger partial charge is 0.465 e. The van der Waals surface area contributed by atoms with Crippen LogP contribution in [0.1, 0.15) is 36.5 Å². The third-order valence-electron chi connectivity index (χ3n) is 6.05. The van der Waals surface area contributed by atoms with Crippen LogP contribution in [0, 0.1) is 6.92 Å². The predicted octanol–water partition coefficient (Wildman–Crippen LogP) is 1.18. The van der Waals surface area contributed by atoms with E-state index in [1.807, 2.05) is 42.2 Å². The molecule has 0 saturated carbocycles. The van der Waals surface area contributed by atoms with Gasteiger partial charge in [-0.2, -0.15) is 0 Å². The van der Waals surface area contributed by atoms with Crippen LogP contribution < -0.4 is 5.32 Å². The first-order valence-corrected chi connectivity index (χ1v) is 10.4. The molecule has 2 aliphatic heterocycles. The molecule has 2 N–H and O–H groups in total. The smallest absolute Gasteiger partial charge is 0.237 e. The molecule has 2 aromatic heterocycles. The molecular formula is C22H28N4O4. The van der Waals surface area contributed by atoms with Crippen LogP contribution in [0.5, 0.6) is 0 Å². The third kappa shape index (κ3) is 4.39. The molecular weight excluding hydrogens is 384 g/mol. The van der Waals surface area contributed by atoms with Crippen LogP contribution in [0.4, 0.5) is 0 Å². The Morgan fingerprint density at radius 3 is 2.73 bits per heavy atom. The van der Waals surface area contributed by atoms with E-state index in [9.17, 15) is 14.7 Å². The number of aliphatic hydroxyl groups is 1. The molecule has 2 saturated heterocycles. The van der Waals surface area contributed by atoms with Crippen molar-refractivity contribution in [3.8, 4) is 0 Å². The highest BCUT2D eigenvalue weighted by Gasteiger charge is 2.38. The number of carbonyl (C=O) groups is 2. The van der Waals surface area contributed by atoms with Crippen molar-refractivity contribution < 1.29 is 19.1 Å². The van der Waals surface area contributed by atoms with Crippen LogP contribution in [0.3, 0.4) is 0 Å². The van der Waals surface area contributed by atoms with Gasteiger partial charge in [0.2, 0.25) is 11.8 Å². The van der Waals surface area contributed by atoms with Crippen LogP contribution in [-0.4, -0.2) is 63.9 Å². The van der Waals surface area contributed by atoms with E-state index in [0.29, 0.717) is 51.3 Å². The Balaban J connectivity index is 1.38. The number of rotatable bonds is 5. The average molecular weight is 412 g/mol. The number of likely N-dealkylation sites (tertiary alicyclic amines) is 1. The maximum atomic E-state index is 13.0. The Hall–Kier alpha value is -2.71. The lowest BCUT2D eigenvalue weighted by molar-refractivity contribution is -0.142. The molecule has 2 aliphatic rings. The quantitative estimate of drug-likeness (QED) is 0.765. The number of piperazine rings is 1. The molecule has 0 radical (unpaired) electrons. The lowest BCUT2D eigenvalue weighted by Crippen LogP contribution is -2.56. The zero-order valence-electron chi connectivity index (χ0n) is 17.2. The van der Waals surface area contributed by atoms with E-state index in [2.05, 4.69) is 10.3 Å². The van der Waals surface area contributed by atoms with Gasteiger partial charge in [-0.15, -0.1) is 0 Å². The summed E-state index contributed by atoms with van der Waals surface area (Å²) in [6.45, 7) is 4.50. The van der Waals surface area contributed by atoms with E-state index < -0.39 is 11.6 Å². The molecule has 2 amide bonds. The summed E-state index contributed by atoms with van der Waals surface area (Å²) in [5.41, 5.74) is -0.368. The Labute approximate surface area is 175 Å². The second kappa shape index (κ2) is 8.57. The fraction of sp³-hybridized carbons (Fsp3) is 0.500. The van der Waals surface area contributed by atoms with Crippen molar-refractivity contribution >= 4 is 11.8 Å². The van der Waals surface area contributed by atoms with Crippen molar-refractivity contribution in [1.82, 2.24) is 20.1 Å². The minimum Gasteiger partial charge on any atom is -0.465 e. The Kier molecular flexibility index (Phi) is 5.87. The summed E-state index contributed by atoms with van der Waals surface area (Å²) in [7, 11) is 0. The van der Waals surface area contributed by atoms with Crippen molar-refractivity contribution in [2.24, 2.45) is 0 Å². The van der Waals surface area contributed by atoms with Gasteiger partial charge in [-0.05, 0) is 44.0 Å². The number of hydrogen-bond donors (Lipinski definition) is 2. The predicted molar refractivity (Wildman–Crippen MR) is 109 cm³/mol. The molecule has 0 aromatic carbocycles. The van der Waals surface area contributed by atoms with E-state index >= 15 is 0 Å². The maximum Gasteiger partial charge on any atom is 0.237 e. The molecule has 1 atom stereocenters. The minimum absolute atomic E-state index is 0.0688. The number of furan rings is 1. The number of aromatic nitrogens is 1. The SMILES string of the molecule is Cc1ccc(CN2CCNC(=O)C2CC(=O)N2CCC(O)(c3ccccn3)CC2)o1. The summed E-state index contributed by atoms with van der Waals surface area (Å²) in [6.07, 6.45) is 2.65. The van der Waals surface area contributed by atoms with Gasteiger partial charge >= 0.3 is 0 Å². The standard InChI is InChI=1S/C22H28N4O4/c1-16-5-6-17(30-16)15-26-13-10-24-21(28)18(26)14-20(27)25-11-7-22(29,8-12-25)19-4-2-3-9-23-19/h2-6,9,18,29H,7-8,10-15H2,1H3,(H,24,28). The van der Waals surface area contributed by atoms with E-state index in [0.717, 1.165) is 11.5 Å². The van der Waals surface area contributed by atoms with E-state index in [-0.39, 0.29) is 18.2 Å². The highest BCUT2D eigenvalue weighted by atomic mass is 16.3. The molecule has 160 valence electrons. The summed E-state index contributed by atoms with van der Waals surface area (Å²) in [4.78, 5) is 33.5. The van der Waals surface area contributed by atoms with E-state index in [1.165, 1.54) is 0 Å². The highest BCUT2D eigenvalue weighted by molar-refractivity contribution is 5.88. The molecule has 1 unspecified atom stereocenters. The van der Waals surface area contributed by atoms with Crippen LogP contribution in [0.2, 0.25) is 0 Å². The van der Waals surface area contributed by atoms with Gasteiger partial charge < -0.3 is 19.7 Å². The molecule has 0 bridgehead atoms. The molecule has 2 fully saturated rings. The lowest BCUT2D eigenvalue weighted by atomic mass is 9.87. The van der Waals surface area contributed by atoms with Crippen molar-refractivity contribution in [3.05, 3.63) is 53.7 Å². The van der Waals surface area contributed by atoms with Crippen LogP contribution >= 0.6 is 0 Å². The molecule has 0 spiro atoms. The Morgan fingerprint density at radius 2 is 2.07 bits per heavy atom. The summed E-state index contributed by atoms with van der Waals surface area (Å²) in [6, 6.07) is 8.77. The fourth-order valence-corrected chi connectivity index (χ4v) is 4.26. The van der Waals surface area contributed by atoms with Gasteiger partial charge in [0.1, 0.15) is 17.1 Å². The van der Waals surface area contributed by atoms with Gasteiger partial charge in [-0.25, -0.2) is 0 Å². The summed E-state index contributed by atoms with van der Waals surface area (Å²) in [5.74, 6) is 1.42. The molecule has 30 heavy (non-hydrogen) atoms. The van der Waals surface area contributed by atoms with Crippen molar-refractivity contribution in [2.45, 2.75) is 44.4 Å². The normalized spacial score (nSPS) is 22.0. The summed E-state index contributed by atoms with van der Waals surface area (Å²) < 4.78 is 5.65. The van der Waals surface area contributed by atoms with Crippen LogP contribution in [-0.2, 0) is 21.7 Å². The zero-order chi connectivity index (χ0) is 21.1. The van der Waals surface area contributed by atoms with Gasteiger partial charge in [-0.1, -0.05) is 6.07 Å². The summed E-state index contributed by atoms with van der Waals surface area (Å²) in [5, 5.41) is 13.8. The van der Waals surface area contributed by atoms with Gasteiger partial charge in [-0.3, -0.25) is 19.5 Å². The number of piperidine rings is 1. The zero-order valence-corrected chi connectivity index (χ0v) is 17.2. The number of amides is 2. The first-order valence-electron chi connectivity index (χ1n) is 10.4. The second-order valence-electron chi connectivity index (χ2n) is 8.12. The minimum atomic E-state index is -1.01. The van der Waals surface area contributed by atoms with Crippen molar-refractivity contribution in [2.75, 3.05) is 26.2 Å². The topological polar surface area (TPSA) is 98.9 Å². The first kappa shape index (κ1) is 20.6. The van der Waals surface area contributed by atoms with Gasteiger partial charge in [0.05, 0.1) is 24.7 Å². The van der Waals surface area contributed by atoms with E-state index in [1.54, 1.807) is 11.1 Å². The molecule has 8 nitrogen and oxygen atoms in total. The molecule has 2 aromatic rings. The van der Waals surface area contributed by atoms with Gasteiger partial charge in [0.25, 0.3) is 0 Å². The second-order valence-corrected chi connectivity index (χ2v) is 8.12. The molecule has 4 rings (SSSR count). The number of carbonyl (C=O) groups excluding carboxylic acids is 2. The number of nitrogens with zero attached hydrogens (tertiary/aromatic N) is 3. The summed E-state index contributed by atoms with van der Waals surface area (Å²) >= 11 is 0. The lowest BCUT2D eigenvalue weighted by Gasteiger charge is -2.39. The maximum absolute atomic E-state index is 13.0. The fourth-order valence-electron chi connectivity index (χ4n) is 4.26.